The first-order valence-electron chi connectivity index (χ1n) is 10.8. The van der Waals surface area contributed by atoms with Crippen molar-refractivity contribution in [2.24, 2.45) is 0 Å². The van der Waals surface area contributed by atoms with E-state index in [4.69, 9.17) is 14.0 Å². The number of nitrogens with zero attached hydrogens (tertiary/aromatic N) is 2. The van der Waals surface area contributed by atoms with E-state index >= 15 is 0 Å². The number of hydrogen-bond acceptors (Lipinski definition) is 6. The average Bonchev–Trinajstić information content (AvgIpc) is 3.34. The van der Waals surface area contributed by atoms with E-state index in [1.807, 2.05) is 31.2 Å². The number of amides is 2. The zero-order chi connectivity index (χ0) is 23.4. The van der Waals surface area contributed by atoms with Crippen LogP contribution in [0, 0.1) is 6.92 Å². The van der Waals surface area contributed by atoms with Gasteiger partial charge < -0.3 is 24.2 Å². The van der Waals surface area contributed by atoms with E-state index in [1.165, 1.54) is 0 Å². The first-order chi connectivity index (χ1) is 16.0. The Hall–Kier alpha value is -3.81. The lowest BCUT2D eigenvalue weighted by atomic mass is 10.0. The minimum Gasteiger partial charge on any atom is -0.497 e. The van der Waals surface area contributed by atoms with Crippen LogP contribution in [0.2, 0.25) is 0 Å². The highest BCUT2D eigenvalue weighted by Crippen LogP contribution is 2.34. The number of aryl methyl sites for hydroxylation is 1. The molecule has 0 spiro atoms. The molecule has 2 heterocycles. The van der Waals surface area contributed by atoms with Crippen LogP contribution in [-0.2, 0) is 0 Å². The van der Waals surface area contributed by atoms with E-state index in [0.717, 1.165) is 5.56 Å². The lowest BCUT2D eigenvalue weighted by Gasteiger charge is -2.32. The van der Waals surface area contributed by atoms with Crippen molar-refractivity contribution in [3.05, 3.63) is 65.4 Å². The Bertz CT molecular complexity index is 1150. The average molecular weight is 450 g/mol. The van der Waals surface area contributed by atoms with Crippen molar-refractivity contribution in [1.29, 1.82) is 0 Å². The largest absolute Gasteiger partial charge is 0.497 e. The quantitative estimate of drug-likeness (QED) is 0.617. The molecule has 8 nitrogen and oxygen atoms in total. The molecule has 33 heavy (non-hydrogen) atoms. The number of aromatic nitrogens is 1. The minimum atomic E-state index is -0.199. The van der Waals surface area contributed by atoms with Crippen LogP contribution in [0.1, 0.15) is 39.3 Å². The van der Waals surface area contributed by atoms with Gasteiger partial charge in [-0.25, -0.2) is 0 Å². The van der Waals surface area contributed by atoms with Gasteiger partial charge in [-0.15, -0.1) is 0 Å². The van der Waals surface area contributed by atoms with Crippen LogP contribution in [0.3, 0.4) is 0 Å². The predicted octanol–water partition coefficient (Wildman–Crippen LogP) is 3.70. The molecule has 3 aromatic rings. The standard InChI is InChI=1S/C25H27N3O5/c1-16-6-4-5-7-19(16)24(29)26-17-10-12-28(13-11-17)25(30)21-15-23(33-27-21)20-14-18(31-2)8-9-22(20)32-3/h4-9,14-15,17H,10-13H2,1-3H3,(H,26,29). The number of hydrogen-bond donors (Lipinski definition) is 1. The molecule has 4 rings (SSSR count). The number of carbonyl (C=O) groups excluding carboxylic acids is 2. The molecule has 0 unspecified atom stereocenters. The second kappa shape index (κ2) is 9.77. The van der Waals surface area contributed by atoms with Crippen LogP contribution in [0.5, 0.6) is 11.5 Å². The molecule has 0 atom stereocenters. The van der Waals surface area contributed by atoms with Gasteiger partial charge in [0.25, 0.3) is 11.8 Å². The summed E-state index contributed by atoms with van der Waals surface area (Å²) in [6.45, 7) is 2.98. The second-order valence-corrected chi connectivity index (χ2v) is 8.00. The molecular formula is C25H27N3O5. The second-order valence-electron chi connectivity index (χ2n) is 8.00. The summed E-state index contributed by atoms with van der Waals surface area (Å²) in [4.78, 5) is 27.3. The molecular weight excluding hydrogens is 422 g/mol. The van der Waals surface area contributed by atoms with Crippen molar-refractivity contribution in [1.82, 2.24) is 15.4 Å². The number of carbonyl (C=O) groups is 2. The summed E-state index contributed by atoms with van der Waals surface area (Å²) in [6, 6.07) is 14.5. The first-order valence-corrected chi connectivity index (χ1v) is 10.8. The van der Waals surface area contributed by atoms with Crippen LogP contribution in [0.25, 0.3) is 11.3 Å². The van der Waals surface area contributed by atoms with E-state index in [1.54, 1.807) is 43.4 Å². The van der Waals surface area contributed by atoms with E-state index < -0.39 is 0 Å². The fraction of sp³-hybridized carbons (Fsp3) is 0.320. The van der Waals surface area contributed by atoms with Crippen LogP contribution in [0.15, 0.2) is 53.1 Å². The van der Waals surface area contributed by atoms with Crippen molar-refractivity contribution in [3.8, 4) is 22.8 Å². The van der Waals surface area contributed by atoms with Crippen molar-refractivity contribution in [3.63, 3.8) is 0 Å². The molecule has 0 radical (unpaired) electrons. The fourth-order valence-electron chi connectivity index (χ4n) is 3.99. The molecule has 1 aliphatic heterocycles. The molecule has 2 amide bonds. The Kier molecular flexibility index (Phi) is 6.63. The minimum absolute atomic E-state index is 0.0232. The van der Waals surface area contributed by atoms with Crippen molar-refractivity contribution in [2.75, 3.05) is 27.3 Å². The van der Waals surface area contributed by atoms with Gasteiger partial charge in [0.15, 0.2) is 11.5 Å². The summed E-state index contributed by atoms with van der Waals surface area (Å²) < 4.78 is 16.1. The fourth-order valence-corrected chi connectivity index (χ4v) is 3.99. The highest BCUT2D eigenvalue weighted by atomic mass is 16.5. The normalized spacial score (nSPS) is 14.1. The van der Waals surface area contributed by atoms with Crippen molar-refractivity contribution >= 4 is 11.8 Å². The monoisotopic (exact) mass is 449 g/mol. The lowest BCUT2D eigenvalue weighted by molar-refractivity contribution is 0.0688. The molecule has 1 N–H and O–H groups in total. The topological polar surface area (TPSA) is 93.9 Å². The molecule has 172 valence electrons. The Labute approximate surface area is 192 Å². The molecule has 0 aliphatic carbocycles. The van der Waals surface area contributed by atoms with Crippen molar-refractivity contribution in [2.45, 2.75) is 25.8 Å². The van der Waals surface area contributed by atoms with Crippen LogP contribution < -0.4 is 14.8 Å². The molecule has 0 saturated carbocycles. The maximum atomic E-state index is 13.0. The van der Waals surface area contributed by atoms with Gasteiger partial charge in [-0.05, 0) is 49.6 Å². The molecule has 2 aromatic carbocycles. The molecule has 0 bridgehead atoms. The van der Waals surface area contributed by atoms with Crippen molar-refractivity contribution < 1.29 is 23.6 Å². The number of ether oxygens (including phenoxy) is 2. The third-order valence-electron chi connectivity index (χ3n) is 5.91. The van der Waals surface area contributed by atoms with E-state index in [9.17, 15) is 9.59 Å². The highest BCUT2D eigenvalue weighted by molar-refractivity contribution is 5.96. The third kappa shape index (κ3) is 4.84. The Balaban J connectivity index is 1.39. The molecule has 1 fully saturated rings. The van der Waals surface area contributed by atoms with Gasteiger partial charge in [-0.3, -0.25) is 9.59 Å². The summed E-state index contributed by atoms with van der Waals surface area (Å²) in [7, 11) is 3.14. The third-order valence-corrected chi connectivity index (χ3v) is 5.91. The number of rotatable bonds is 6. The summed E-state index contributed by atoms with van der Waals surface area (Å²) in [5.41, 5.74) is 2.51. The maximum absolute atomic E-state index is 13.0. The predicted molar refractivity (Wildman–Crippen MR) is 123 cm³/mol. The molecule has 1 saturated heterocycles. The Morgan fingerprint density at radius 1 is 1.06 bits per heavy atom. The van der Waals surface area contributed by atoms with E-state index in [0.29, 0.717) is 54.3 Å². The van der Waals surface area contributed by atoms with E-state index in [2.05, 4.69) is 10.5 Å². The Morgan fingerprint density at radius 2 is 1.82 bits per heavy atom. The first kappa shape index (κ1) is 22.4. The molecule has 1 aliphatic rings. The molecule has 8 heteroatoms. The number of benzene rings is 2. The number of piperidine rings is 1. The zero-order valence-corrected chi connectivity index (χ0v) is 19.0. The van der Waals surface area contributed by atoms with Gasteiger partial charge in [0.05, 0.1) is 19.8 Å². The summed E-state index contributed by atoms with van der Waals surface area (Å²) in [6.07, 6.45) is 1.36. The van der Waals surface area contributed by atoms with Crippen LogP contribution in [0.4, 0.5) is 0 Å². The summed E-state index contributed by atoms with van der Waals surface area (Å²) in [5, 5.41) is 7.07. The highest BCUT2D eigenvalue weighted by Gasteiger charge is 2.27. The lowest BCUT2D eigenvalue weighted by Crippen LogP contribution is -2.46. The van der Waals surface area contributed by atoms with Gasteiger partial charge in [0, 0.05) is 30.8 Å². The van der Waals surface area contributed by atoms with Gasteiger partial charge >= 0.3 is 0 Å². The maximum Gasteiger partial charge on any atom is 0.276 e. The molecule has 1 aromatic heterocycles. The number of nitrogens with one attached hydrogen (secondary N) is 1. The smallest absolute Gasteiger partial charge is 0.276 e. The van der Waals surface area contributed by atoms with E-state index in [-0.39, 0.29) is 23.6 Å². The van der Waals surface area contributed by atoms with Crippen LogP contribution >= 0.6 is 0 Å². The van der Waals surface area contributed by atoms with Gasteiger partial charge in [-0.2, -0.15) is 0 Å². The number of methoxy groups -OCH3 is 2. The zero-order valence-electron chi connectivity index (χ0n) is 19.0. The Morgan fingerprint density at radius 3 is 2.52 bits per heavy atom. The van der Waals surface area contributed by atoms with Gasteiger partial charge in [-0.1, -0.05) is 23.4 Å². The summed E-state index contributed by atoms with van der Waals surface area (Å²) in [5.74, 6) is 1.39. The van der Waals surface area contributed by atoms with Crippen LogP contribution in [-0.4, -0.2) is 55.2 Å². The summed E-state index contributed by atoms with van der Waals surface area (Å²) >= 11 is 0. The number of likely N-dealkylation sites (tertiary alicyclic amines) is 1. The van der Waals surface area contributed by atoms with Gasteiger partial charge in [0.1, 0.15) is 11.5 Å². The van der Waals surface area contributed by atoms with Gasteiger partial charge in [0.2, 0.25) is 0 Å². The SMILES string of the molecule is COc1ccc(OC)c(-c2cc(C(=O)N3CCC(NC(=O)c4ccccc4C)CC3)no2)c1.